The summed E-state index contributed by atoms with van der Waals surface area (Å²) in [4.78, 5) is 18.5. The molecule has 0 bridgehead atoms. The molecule has 1 fully saturated rings. The highest BCUT2D eigenvalue weighted by atomic mass is 19.1. The second-order valence-corrected chi connectivity index (χ2v) is 4.49. The van der Waals surface area contributed by atoms with Crippen molar-refractivity contribution in [3.63, 3.8) is 0 Å². The van der Waals surface area contributed by atoms with Gasteiger partial charge >= 0.3 is 0 Å². The Morgan fingerprint density at radius 1 is 1.47 bits per heavy atom. The number of aromatic nitrogens is 2. The van der Waals surface area contributed by atoms with E-state index in [-0.39, 0.29) is 23.2 Å². The summed E-state index contributed by atoms with van der Waals surface area (Å²) in [6.07, 6.45) is 1.64. The molecule has 1 aliphatic heterocycles. The minimum Gasteiger partial charge on any atom is -0.459 e. The van der Waals surface area contributed by atoms with Crippen molar-refractivity contribution in [1.29, 1.82) is 0 Å². The minimum atomic E-state index is -0.433. The van der Waals surface area contributed by atoms with Gasteiger partial charge < -0.3 is 9.47 Å². The predicted octanol–water partition coefficient (Wildman–Crippen LogP) is 1.62. The number of hydrogen-bond donors (Lipinski definition) is 1. The van der Waals surface area contributed by atoms with Crippen molar-refractivity contribution >= 4 is 10.9 Å². The normalized spacial score (nSPS) is 19.5. The van der Waals surface area contributed by atoms with Crippen LogP contribution in [0.2, 0.25) is 0 Å². The number of rotatable bonds is 2. The fraction of sp³-hybridized carbons (Fsp3) is 0.385. The first-order valence-corrected chi connectivity index (χ1v) is 6.16. The fourth-order valence-corrected chi connectivity index (χ4v) is 2.11. The minimum absolute atomic E-state index is 0.110. The molecule has 6 heteroatoms. The van der Waals surface area contributed by atoms with Crippen molar-refractivity contribution in [3.8, 4) is 6.01 Å². The molecular formula is C13H13FN2O3. The standard InChI is InChI=1S/C13H13FN2O3/c14-8-3-4-10-11(6-8)15-13(16-12(10)17)19-9-2-1-5-18-7-9/h3-4,6,9H,1-2,5,7H2,(H,15,16,17). The van der Waals surface area contributed by atoms with Gasteiger partial charge in [-0.05, 0) is 25.0 Å². The summed E-state index contributed by atoms with van der Waals surface area (Å²) in [5.74, 6) is -0.433. The predicted molar refractivity (Wildman–Crippen MR) is 66.8 cm³/mol. The number of nitrogens with one attached hydrogen (secondary N) is 1. The molecule has 0 spiro atoms. The quantitative estimate of drug-likeness (QED) is 0.895. The van der Waals surface area contributed by atoms with E-state index in [0.717, 1.165) is 19.4 Å². The van der Waals surface area contributed by atoms with Gasteiger partial charge in [-0.2, -0.15) is 4.98 Å². The number of H-pyrrole nitrogens is 1. The van der Waals surface area contributed by atoms with Crippen molar-refractivity contribution in [2.75, 3.05) is 13.2 Å². The summed E-state index contributed by atoms with van der Waals surface area (Å²) in [5, 5.41) is 0.341. The molecule has 3 rings (SSSR count). The molecule has 5 nitrogen and oxygen atoms in total. The van der Waals surface area contributed by atoms with E-state index < -0.39 is 5.82 Å². The molecule has 1 N–H and O–H groups in total. The van der Waals surface area contributed by atoms with Crippen molar-refractivity contribution < 1.29 is 13.9 Å². The highest BCUT2D eigenvalue weighted by Crippen LogP contribution is 2.15. The number of ether oxygens (including phenoxy) is 2. The largest absolute Gasteiger partial charge is 0.459 e. The van der Waals surface area contributed by atoms with Crippen LogP contribution in [0, 0.1) is 5.82 Å². The Morgan fingerprint density at radius 2 is 2.37 bits per heavy atom. The van der Waals surface area contributed by atoms with Gasteiger partial charge in [-0.25, -0.2) is 4.39 Å². The van der Waals surface area contributed by atoms with Crippen LogP contribution in [0.25, 0.3) is 10.9 Å². The summed E-state index contributed by atoms with van der Waals surface area (Å²) in [5.41, 5.74) is -0.0489. The van der Waals surface area contributed by atoms with Crippen LogP contribution in [0.5, 0.6) is 6.01 Å². The molecule has 1 aliphatic rings. The van der Waals surface area contributed by atoms with Crippen LogP contribution >= 0.6 is 0 Å². The molecular weight excluding hydrogens is 251 g/mol. The van der Waals surface area contributed by atoms with Gasteiger partial charge in [-0.3, -0.25) is 9.78 Å². The third-order valence-electron chi connectivity index (χ3n) is 3.04. The number of hydrogen-bond acceptors (Lipinski definition) is 4. The van der Waals surface area contributed by atoms with Crippen molar-refractivity contribution in [3.05, 3.63) is 34.4 Å². The number of halogens is 1. The van der Waals surface area contributed by atoms with E-state index in [1.165, 1.54) is 18.2 Å². The molecule has 1 aromatic carbocycles. The maximum atomic E-state index is 13.1. The van der Waals surface area contributed by atoms with E-state index in [4.69, 9.17) is 9.47 Å². The van der Waals surface area contributed by atoms with Crippen LogP contribution in [-0.2, 0) is 4.74 Å². The Morgan fingerprint density at radius 3 is 3.16 bits per heavy atom. The monoisotopic (exact) mass is 264 g/mol. The number of benzene rings is 1. The van der Waals surface area contributed by atoms with Gasteiger partial charge in [0.2, 0.25) is 0 Å². The lowest BCUT2D eigenvalue weighted by molar-refractivity contribution is 0.00344. The lowest BCUT2D eigenvalue weighted by Gasteiger charge is -2.22. The molecule has 2 aromatic rings. The van der Waals surface area contributed by atoms with Crippen LogP contribution in [0.15, 0.2) is 23.0 Å². The van der Waals surface area contributed by atoms with E-state index in [9.17, 15) is 9.18 Å². The molecule has 19 heavy (non-hydrogen) atoms. The summed E-state index contributed by atoms with van der Waals surface area (Å²) in [7, 11) is 0. The molecule has 1 aromatic heterocycles. The van der Waals surface area contributed by atoms with Crippen LogP contribution < -0.4 is 10.3 Å². The fourth-order valence-electron chi connectivity index (χ4n) is 2.11. The van der Waals surface area contributed by atoms with Gasteiger partial charge in [0.25, 0.3) is 11.6 Å². The summed E-state index contributed by atoms with van der Waals surface area (Å²) in [6.45, 7) is 1.21. The average molecular weight is 264 g/mol. The van der Waals surface area contributed by atoms with Crippen LogP contribution in [0.4, 0.5) is 4.39 Å². The first kappa shape index (κ1) is 12.1. The molecule has 0 radical (unpaired) electrons. The zero-order valence-electron chi connectivity index (χ0n) is 10.2. The first-order chi connectivity index (χ1) is 9.22. The summed E-state index contributed by atoms with van der Waals surface area (Å²) >= 11 is 0. The SMILES string of the molecule is O=c1[nH]c(OC2CCCOC2)nc2cc(F)ccc12. The lowest BCUT2D eigenvalue weighted by Crippen LogP contribution is -2.29. The molecule has 0 aliphatic carbocycles. The summed E-state index contributed by atoms with van der Waals surface area (Å²) < 4.78 is 24.0. The molecule has 2 heterocycles. The van der Waals surface area contributed by atoms with E-state index in [2.05, 4.69) is 9.97 Å². The topological polar surface area (TPSA) is 64.2 Å². The maximum Gasteiger partial charge on any atom is 0.297 e. The zero-order valence-corrected chi connectivity index (χ0v) is 10.2. The van der Waals surface area contributed by atoms with E-state index in [1.807, 2.05) is 0 Å². The van der Waals surface area contributed by atoms with E-state index in [1.54, 1.807) is 0 Å². The smallest absolute Gasteiger partial charge is 0.297 e. The van der Waals surface area contributed by atoms with Crippen molar-refractivity contribution in [1.82, 2.24) is 9.97 Å². The lowest BCUT2D eigenvalue weighted by atomic mass is 10.2. The average Bonchev–Trinajstić information content (AvgIpc) is 2.39. The van der Waals surface area contributed by atoms with Crippen LogP contribution in [-0.4, -0.2) is 29.3 Å². The second kappa shape index (κ2) is 4.97. The van der Waals surface area contributed by atoms with Gasteiger partial charge in [0.15, 0.2) is 0 Å². The Hall–Kier alpha value is -1.95. The zero-order chi connectivity index (χ0) is 13.2. The van der Waals surface area contributed by atoms with E-state index in [0.29, 0.717) is 12.0 Å². The first-order valence-electron chi connectivity index (χ1n) is 6.16. The summed E-state index contributed by atoms with van der Waals surface area (Å²) in [6, 6.07) is 3.96. The molecule has 0 saturated carbocycles. The van der Waals surface area contributed by atoms with Gasteiger partial charge in [0.05, 0.1) is 17.5 Å². The molecule has 1 unspecified atom stereocenters. The van der Waals surface area contributed by atoms with Gasteiger partial charge in [-0.1, -0.05) is 0 Å². The number of nitrogens with zero attached hydrogens (tertiary/aromatic N) is 1. The Balaban J connectivity index is 1.93. The van der Waals surface area contributed by atoms with Gasteiger partial charge in [0.1, 0.15) is 11.9 Å². The Bertz CT molecular complexity index is 650. The van der Waals surface area contributed by atoms with Crippen LogP contribution in [0.3, 0.4) is 0 Å². The Kier molecular flexibility index (Phi) is 3.16. The molecule has 100 valence electrons. The molecule has 1 saturated heterocycles. The molecule has 1 atom stereocenters. The van der Waals surface area contributed by atoms with Crippen molar-refractivity contribution in [2.24, 2.45) is 0 Å². The second-order valence-electron chi connectivity index (χ2n) is 4.49. The van der Waals surface area contributed by atoms with Gasteiger partial charge in [0, 0.05) is 12.7 Å². The number of fused-ring (bicyclic) bond motifs is 1. The Labute approximate surface area is 108 Å². The highest BCUT2D eigenvalue weighted by molar-refractivity contribution is 5.77. The van der Waals surface area contributed by atoms with Crippen molar-refractivity contribution in [2.45, 2.75) is 18.9 Å². The van der Waals surface area contributed by atoms with Crippen LogP contribution in [0.1, 0.15) is 12.8 Å². The highest BCUT2D eigenvalue weighted by Gasteiger charge is 2.17. The third-order valence-corrected chi connectivity index (χ3v) is 3.04. The molecule has 0 amide bonds. The van der Waals surface area contributed by atoms with Gasteiger partial charge in [-0.15, -0.1) is 0 Å². The third kappa shape index (κ3) is 2.58. The number of aromatic amines is 1. The maximum absolute atomic E-state index is 13.1. The van der Waals surface area contributed by atoms with E-state index >= 15 is 0 Å².